The number of aromatic amines is 1. The molecule has 2 aromatic carbocycles. The van der Waals surface area contributed by atoms with Crippen molar-refractivity contribution in [3.63, 3.8) is 0 Å². The highest BCUT2D eigenvalue weighted by molar-refractivity contribution is 5.88. The molecule has 7 nitrogen and oxygen atoms in total. The van der Waals surface area contributed by atoms with E-state index in [-0.39, 0.29) is 24.4 Å². The maximum atomic E-state index is 13.2. The second kappa shape index (κ2) is 9.94. The van der Waals surface area contributed by atoms with Gasteiger partial charge in [-0.3, -0.25) is 0 Å². The Kier molecular flexibility index (Phi) is 6.82. The zero-order valence-corrected chi connectivity index (χ0v) is 18.9. The molecule has 0 bridgehead atoms. The molecule has 0 unspecified atom stereocenters. The van der Waals surface area contributed by atoms with E-state index in [1.165, 1.54) is 12.1 Å². The van der Waals surface area contributed by atoms with E-state index in [2.05, 4.69) is 15.2 Å². The van der Waals surface area contributed by atoms with Gasteiger partial charge in [0.15, 0.2) is 0 Å². The number of carbonyl (C=O) groups is 2. The van der Waals surface area contributed by atoms with Gasteiger partial charge in [0.25, 0.3) is 0 Å². The number of nitrogens with zero attached hydrogens (tertiary/aromatic N) is 2. The number of ether oxygens (including phenoxy) is 1. The van der Waals surface area contributed by atoms with Crippen LogP contribution in [0.5, 0.6) is 0 Å². The molecule has 174 valence electrons. The minimum atomic E-state index is -0.813. The number of hydrogen-bond acceptors (Lipinski definition) is 4. The molecule has 3 aromatic rings. The third-order valence-corrected chi connectivity index (χ3v) is 6.19. The topological polar surface area (TPSA) is 77.7 Å². The summed E-state index contributed by atoms with van der Waals surface area (Å²) in [4.78, 5) is 32.9. The van der Waals surface area contributed by atoms with Gasteiger partial charge in [-0.2, -0.15) is 0 Å². The number of urea groups is 1. The number of esters is 1. The van der Waals surface area contributed by atoms with Gasteiger partial charge in [-0.1, -0.05) is 25.1 Å². The Balaban J connectivity index is 1.45. The summed E-state index contributed by atoms with van der Waals surface area (Å²) in [6, 6.07) is 13.1. The second-order valence-corrected chi connectivity index (χ2v) is 8.21. The molecule has 2 amide bonds. The predicted octanol–water partition coefficient (Wildman–Crippen LogP) is 3.87. The fourth-order valence-electron chi connectivity index (χ4n) is 4.31. The van der Waals surface area contributed by atoms with Crippen LogP contribution in [-0.4, -0.2) is 60.7 Å². The number of amides is 2. The lowest BCUT2D eigenvalue weighted by atomic mass is 9.93. The number of fused-ring (bicyclic) bond motifs is 1. The van der Waals surface area contributed by atoms with Crippen molar-refractivity contribution in [2.24, 2.45) is 0 Å². The lowest BCUT2D eigenvalue weighted by molar-refractivity contribution is -0.145. The van der Waals surface area contributed by atoms with E-state index in [1.54, 1.807) is 24.0 Å². The largest absolute Gasteiger partial charge is 0.464 e. The Bertz CT molecular complexity index is 1110. The summed E-state index contributed by atoms with van der Waals surface area (Å²) in [6.45, 7) is 6.16. The van der Waals surface area contributed by atoms with Crippen molar-refractivity contribution < 1.29 is 18.7 Å². The predicted molar refractivity (Wildman–Crippen MR) is 126 cm³/mol. The first-order valence-electron chi connectivity index (χ1n) is 11.3. The van der Waals surface area contributed by atoms with Crippen LogP contribution in [0.4, 0.5) is 14.9 Å². The standard InChI is InChI=1S/C25H29FN4O3/c1-3-33-24(31)23(17(2)21-16-27-22-7-5-4-6-20(21)22)28-25(32)30-14-12-29(13-15-30)19-10-8-18(26)9-11-19/h4-11,16-17,23,27H,3,12-15H2,1-2H3,(H,28,32)/t17-,23+/m0/s1. The van der Waals surface area contributed by atoms with Crippen LogP contribution in [0.3, 0.4) is 0 Å². The van der Waals surface area contributed by atoms with E-state index in [4.69, 9.17) is 4.74 Å². The highest BCUT2D eigenvalue weighted by Crippen LogP contribution is 2.28. The van der Waals surface area contributed by atoms with Crippen LogP contribution < -0.4 is 10.2 Å². The Morgan fingerprint density at radius 3 is 2.48 bits per heavy atom. The zero-order chi connectivity index (χ0) is 23.4. The molecule has 1 fully saturated rings. The molecule has 2 heterocycles. The van der Waals surface area contributed by atoms with Crippen LogP contribution in [0.25, 0.3) is 10.9 Å². The van der Waals surface area contributed by atoms with E-state index in [9.17, 15) is 14.0 Å². The van der Waals surface area contributed by atoms with Crippen LogP contribution in [0.2, 0.25) is 0 Å². The Labute approximate surface area is 192 Å². The number of aromatic nitrogens is 1. The summed E-state index contributed by atoms with van der Waals surface area (Å²) >= 11 is 0. The van der Waals surface area contributed by atoms with Crippen molar-refractivity contribution >= 4 is 28.6 Å². The second-order valence-electron chi connectivity index (χ2n) is 8.21. The van der Waals surface area contributed by atoms with Gasteiger partial charge in [-0.25, -0.2) is 14.0 Å². The third-order valence-electron chi connectivity index (χ3n) is 6.19. The van der Waals surface area contributed by atoms with E-state index in [1.807, 2.05) is 37.4 Å². The number of halogens is 1. The van der Waals surface area contributed by atoms with Crippen LogP contribution in [0, 0.1) is 5.82 Å². The van der Waals surface area contributed by atoms with E-state index < -0.39 is 12.0 Å². The molecule has 4 rings (SSSR count). The van der Waals surface area contributed by atoms with Gasteiger partial charge < -0.3 is 24.8 Å². The molecule has 1 aliphatic rings. The molecule has 0 saturated carbocycles. The Hall–Kier alpha value is -3.55. The van der Waals surface area contributed by atoms with Crippen molar-refractivity contribution in [3.8, 4) is 0 Å². The van der Waals surface area contributed by atoms with Crippen molar-refractivity contribution in [1.29, 1.82) is 0 Å². The molecule has 33 heavy (non-hydrogen) atoms. The number of piperazine rings is 1. The smallest absolute Gasteiger partial charge is 0.329 e. The van der Waals surface area contributed by atoms with Crippen molar-refractivity contribution in [2.75, 3.05) is 37.7 Å². The number of benzene rings is 2. The van der Waals surface area contributed by atoms with Gasteiger partial charge in [0.05, 0.1) is 6.61 Å². The summed E-state index contributed by atoms with van der Waals surface area (Å²) in [5, 5.41) is 3.93. The molecule has 1 saturated heterocycles. The normalized spacial score (nSPS) is 15.8. The van der Waals surface area contributed by atoms with Gasteiger partial charge in [0.2, 0.25) is 0 Å². The Morgan fingerprint density at radius 2 is 1.79 bits per heavy atom. The lowest BCUT2D eigenvalue weighted by Gasteiger charge is -2.37. The lowest BCUT2D eigenvalue weighted by Crippen LogP contribution is -2.55. The van der Waals surface area contributed by atoms with Crippen molar-refractivity contribution in [2.45, 2.75) is 25.8 Å². The SMILES string of the molecule is CCOC(=O)[C@H](NC(=O)N1CCN(c2ccc(F)cc2)CC1)[C@@H](C)c1c[nH]c2ccccc12. The fourth-order valence-corrected chi connectivity index (χ4v) is 4.31. The van der Waals surface area contributed by atoms with Gasteiger partial charge >= 0.3 is 12.0 Å². The first kappa shape index (κ1) is 22.6. The Morgan fingerprint density at radius 1 is 1.09 bits per heavy atom. The molecule has 1 aromatic heterocycles. The fraction of sp³-hybridized carbons (Fsp3) is 0.360. The molecule has 0 aliphatic carbocycles. The average molecular weight is 453 g/mol. The number of carbonyl (C=O) groups excluding carboxylic acids is 2. The van der Waals surface area contributed by atoms with Crippen LogP contribution in [0.15, 0.2) is 54.7 Å². The van der Waals surface area contributed by atoms with Crippen molar-refractivity contribution in [1.82, 2.24) is 15.2 Å². The van der Waals surface area contributed by atoms with E-state index in [0.29, 0.717) is 26.2 Å². The van der Waals surface area contributed by atoms with Gasteiger partial charge in [-0.05, 0) is 42.8 Å². The number of hydrogen-bond donors (Lipinski definition) is 2. The number of anilines is 1. The third kappa shape index (κ3) is 4.94. The molecule has 8 heteroatoms. The average Bonchev–Trinajstić information content (AvgIpc) is 3.27. The van der Waals surface area contributed by atoms with Crippen LogP contribution in [0.1, 0.15) is 25.3 Å². The molecular formula is C25H29FN4O3. The first-order chi connectivity index (χ1) is 16.0. The summed E-state index contributed by atoms with van der Waals surface area (Å²) < 4.78 is 18.5. The maximum Gasteiger partial charge on any atom is 0.329 e. The van der Waals surface area contributed by atoms with Crippen LogP contribution >= 0.6 is 0 Å². The summed E-state index contributed by atoms with van der Waals surface area (Å²) in [5.41, 5.74) is 2.85. The monoisotopic (exact) mass is 452 g/mol. The highest BCUT2D eigenvalue weighted by atomic mass is 19.1. The molecule has 1 aliphatic heterocycles. The van der Waals surface area contributed by atoms with E-state index in [0.717, 1.165) is 22.2 Å². The molecule has 0 radical (unpaired) electrons. The van der Waals surface area contributed by atoms with Gasteiger partial charge in [0.1, 0.15) is 11.9 Å². The highest BCUT2D eigenvalue weighted by Gasteiger charge is 2.33. The minimum Gasteiger partial charge on any atom is -0.464 e. The zero-order valence-electron chi connectivity index (χ0n) is 18.9. The minimum absolute atomic E-state index is 0.238. The number of H-pyrrole nitrogens is 1. The van der Waals surface area contributed by atoms with Crippen LogP contribution in [-0.2, 0) is 9.53 Å². The summed E-state index contributed by atoms with van der Waals surface area (Å²) in [6.07, 6.45) is 1.88. The van der Waals surface area contributed by atoms with E-state index >= 15 is 0 Å². The molecule has 2 atom stereocenters. The molecule has 0 spiro atoms. The first-order valence-corrected chi connectivity index (χ1v) is 11.3. The van der Waals surface area contributed by atoms with Crippen molar-refractivity contribution in [3.05, 3.63) is 66.1 Å². The van der Waals surface area contributed by atoms with Gasteiger partial charge in [0, 0.05) is 54.9 Å². The number of nitrogens with one attached hydrogen (secondary N) is 2. The molecule has 2 N–H and O–H groups in total. The number of para-hydroxylation sites is 1. The van der Waals surface area contributed by atoms with Gasteiger partial charge in [-0.15, -0.1) is 0 Å². The summed E-state index contributed by atoms with van der Waals surface area (Å²) in [7, 11) is 0. The maximum absolute atomic E-state index is 13.2. The number of rotatable bonds is 6. The summed E-state index contributed by atoms with van der Waals surface area (Å²) in [5.74, 6) is -1.01. The molecular weight excluding hydrogens is 423 g/mol. The quantitative estimate of drug-likeness (QED) is 0.557.